The fourth-order valence-electron chi connectivity index (χ4n) is 6.44. The summed E-state index contributed by atoms with van der Waals surface area (Å²) in [5.74, 6) is 4.95. The fourth-order valence-corrected chi connectivity index (χ4v) is 6.44. The van der Waals surface area contributed by atoms with Crippen LogP contribution in [0.5, 0.6) is 0 Å². The van der Waals surface area contributed by atoms with Crippen LogP contribution in [0.25, 0.3) is 0 Å². The standard InChI is InChI=1S/C19H28O/c1-12-3-8-18-17-6-4-13-11-14(20)5-7-15(13)16(17)9-10-19(12,18)2/h11-12,15-18H,3-10H2,1-2H3/t12-,15-,16+,17+,18-,19+/m0/s1. The number of ketones is 1. The Kier molecular flexibility index (Phi) is 2.91. The third-order valence-electron chi connectivity index (χ3n) is 7.77. The second kappa shape index (κ2) is 4.45. The molecule has 0 radical (unpaired) electrons. The minimum atomic E-state index is 0.393. The monoisotopic (exact) mass is 272 g/mol. The molecule has 3 saturated carbocycles. The van der Waals surface area contributed by atoms with Gasteiger partial charge in [-0.25, -0.2) is 0 Å². The molecule has 110 valence electrons. The first-order chi connectivity index (χ1) is 9.59. The van der Waals surface area contributed by atoms with Crippen LogP contribution in [0, 0.1) is 35.0 Å². The Balaban J connectivity index is 1.63. The van der Waals surface area contributed by atoms with E-state index in [1.807, 2.05) is 6.08 Å². The molecule has 0 amide bonds. The maximum atomic E-state index is 11.7. The maximum absolute atomic E-state index is 11.7. The van der Waals surface area contributed by atoms with Gasteiger partial charge in [0.05, 0.1) is 0 Å². The van der Waals surface area contributed by atoms with Crippen LogP contribution in [-0.4, -0.2) is 5.78 Å². The van der Waals surface area contributed by atoms with Gasteiger partial charge in [-0.2, -0.15) is 0 Å². The van der Waals surface area contributed by atoms with Gasteiger partial charge >= 0.3 is 0 Å². The Bertz CT molecular complexity index is 462. The second-order valence-corrected chi connectivity index (χ2v) is 8.33. The first kappa shape index (κ1) is 13.1. The summed E-state index contributed by atoms with van der Waals surface area (Å²) in [4.78, 5) is 11.7. The van der Waals surface area contributed by atoms with Crippen molar-refractivity contribution < 1.29 is 4.79 Å². The highest BCUT2D eigenvalue weighted by molar-refractivity contribution is 5.91. The molecule has 0 aromatic carbocycles. The Morgan fingerprint density at radius 2 is 1.90 bits per heavy atom. The van der Waals surface area contributed by atoms with E-state index in [9.17, 15) is 4.79 Å². The summed E-state index contributed by atoms with van der Waals surface area (Å²) in [5.41, 5.74) is 2.16. The zero-order chi connectivity index (χ0) is 13.9. The lowest BCUT2D eigenvalue weighted by Crippen LogP contribution is -2.46. The number of allylic oxidation sites excluding steroid dienone is 1. The van der Waals surface area contributed by atoms with Crippen molar-refractivity contribution in [1.29, 1.82) is 0 Å². The lowest BCUT2D eigenvalue weighted by Gasteiger charge is -2.53. The van der Waals surface area contributed by atoms with E-state index < -0.39 is 0 Å². The van der Waals surface area contributed by atoms with Gasteiger partial charge in [-0.15, -0.1) is 0 Å². The summed E-state index contributed by atoms with van der Waals surface area (Å²) in [7, 11) is 0. The van der Waals surface area contributed by atoms with Crippen molar-refractivity contribution >= 4 is 5.78 Å². The summed E-state index contributed by atoms with van der Waals surface area (Å²) >= 11 is 0. The van der Waals surface area contributed by atoms with E-state index in [1.165, 1.54) is 44.1 Å². The largest absolute Gasteiger partial charge is 0.295 e. The van der Waals surface area contributed by atoms with Gasteiger partial charge in [-0.1, -0.05) is 19.4 Å². The molecule has 0 aliphatic heterocycles. The predicted octanol–water partition coefficient (Wildman–Crippen LogP) is 4.76. The number of hydrogen-bond acceptors (Lipinski definition) is 1. The average Bonchev–Trinajstić information content (AvgIpc) is 2.74. The molecule has 1 heteroatoms. The number of hydrogen-bond donors (Lipinski definition) is 0. The lowest BCUT2D eigenvalue weighted by atomic mass is 9.51. The molecule has 0 bridgehead atoms. The lowest BCUT2D eigenvalue weighted by molar-refractivity contribution is -0.116. The zero-order valence-corrected chi connectivity index (χ0v) is 13.0. The first-order valence-electron chi connectivity index (χ1n) is 8.83. The van der Waals surface area contributed by atoms with Gasteiger partial charge in [0, 0.05) is 6.42 Å². The Morgan fingerprint density at radius 1 is 1.05 bits per heavy atom. The minimum absolute atomic E-state index is 0.393. The molecule has 4 aliphatic rings. The normalized spacial score (nSPS) is 51.0. The number of carbonyl (C=O) groups is 1. The molecule has 6 atom stereocenters. The van der Waals surface area contributed by atoms with E-state index in [0.29, 0.717) is 11.2 Å². The molecule has 20 heavy (non-hydrogen) atoms. The Morgan fingerprint density at radius 3 is 2.75 bits per heavy atom. The molecule has 0 spiro atoms. The van der Waals surface area contributed by atoms with Crippen LogP contribution >= 0.6 is 0 Å². The molecule has 4 rings (SSSR count). The van der Waals surface area contributed by atoms with Gasteiger partial charge in [0.2, 0.25) is 0 Å². The molecular formula is C19H28O. The van der Waals surface area contributed by atoms with E-state index in [0.717, 1.165) is 42.4 Å². The van der Waals surface area contributed by atoms with Gasteiger partial charge in [0.15, 0.2) is 5.78 Å². The van der Waals surface area contributed by atoms with Gasteiger partial charge < -0.3 is 0 Å². The highest BCUT2D eigenvalue weighted by atomic mass is 16.1. The van der Waals surface area contributed by atoms with Crippen molar-refractivity contribution in [3.8, 4) is 0 Å². The summed E-state index contributed by atoms with van der Waals surface area (Å²) in [6.07, 6.45) is 12.4. The van der Waals surface area contributed by atoms with E-state index >= 15 is 0 Å². The molecule has 4 aliphatic carbocycles. The van der Waals surface area contributed by atoms with Crippen molar-refractivity contribution in [2.45, 2.75) is 65.2 Å². The first-order valence-corrected chi connectivity index (χ1v) is 8.83. The van der Waals surface area contributed by atoms with Crippen LogP contribution < -0.4 is 0 Å². The molecule has 0 aromatic heterocycles. The summed E-state index contributed by atoms with van der Waals surface area (Å²) < 4.78 is 0. The third kappa shape index (κ3) is 1.71. The van der Waals surface area contributed by atoms with E-state index in [4.69, 9.17) is 0 Å². The van der Waals surface area contributed by atoms with Gasteiger partial charge in [-0.3, -0.25) is 4.79 Å². The van der Waals surface area contributed by atoms with Gasteiger partial charge in [-0.05, 0) is 86.0 Å². The SMILES string of the molecule is C[C@H]1CC[C@H]2[C@@H]3CCC4=CC(=O)CC[C@@H]4[C@H]3CC[C@]12C. The van der Waals surface area contributed by atoms with Crippen molar-refractivity contribution in [3.05, 3.63) is 11.6 Å². The molecule has 0 saturated heterocycles. The fraction of sp³-hybridized carbons (Fsp3) is 0.842. The smallest absolute Gasteiger partial charge is 0.155 e. The Labute approximate surface area is 123 Å². The van der Waals surface area contributed by atoms with Crippen LogP contribution in [-0.2, 0) is 4.79 Å². The minimum Gasteiger partial charge on any atom is -0.295 e. The van der Waals surface area contributed by atoms with Crippen molar-refractivity contribution in [1.82, 2.24) is 0 Å². The van der Waals surface area contributed by atoms with Crippen molar-refractivity contribution in [2.24, 2.45) is 35.0 Å². The highest BCUT2D eigenvalue weighted by Gasteiger charge is 2.54. The van der Waals surface area contributed by atoms with Crippen molar-refractivity contribution in [3.63, 3.8) is 0 Å². The van der Waals surface area contributed by atoms with Crippen molar-refractivity contribution in [2.75, 3.05) is 0 Å². The molecule has 0 unspecified atom stereocenters. The predicted molar refractivity (Wildman–Crippen MR) is 81.3 cm³/mol. The van der Waals surface area contributed by atoms with Crippen LogP contribution in [0.1, 0.15) is 65.2 Å². The van der Waals surface area contributed by atoms with E-state index in [1.54, 1.807) is 0 Å². The molecule has 3 fully saturated rings. The summed E-state index contributed by atoms with van der Waals surface area (Å²) in [6, 6.07) is 0. The van der Waals surface area contributed by atoms with Crippen LogP contribution in [0.2, 0.25) is 0 Å². The molecule has 0 N–H and O–H groups in total. The van der Waals surface area contributed by atoms with Crippen LogP contribution in [0.3, 0.4) is 0 Å². The average molecular weight is 272 g/mol. The number of carbonyl (C=O) groups excluding carboxylic acids is 1. The third-order valence-corrected chi connectivity index (χ3v) is 7.77. The Hall–Kier alpha value is -0.590. The molecule has 0 heterocycles. The number of rotatable bonds is 0. The van der Waals surface area contributed by atoms with Gasteiger partial charge in [0.25, 0.3) is 0 Å². The maximum Gasteiger partial charge on any atom is 0.155 e. The van der Waals surface area contributed by atoms with Crippen LogP contribution in [0.15, 0.2) is 11.6 Å². The van der Waals surface area contributed by atoms with Crippen LogP contribution in [0.4, 0.5) is 0 Å². The topological polar surface area (TPSA) is 17.1 Å². The molecule has 0 aromatic rings. The number of fused-ring (bicyclic) bond motifs is 5. The van der Waals surface area contributed by atoms with Gasteiger partial charge in [0.1, 0.15) is 0 Å². The second-order valence-electron chi connectivity index (χ2n) is 8.33. The highest BCUT2D eigenvalue weighted by Crippen LogP contribution is 2.63. The van der Waals surface area contributed by atoms with E-state index in [-0.39, 0.29) is 0 Å². The van der Waals surface area contributed by atoms with E-state index in [2.05, 4.69) is 13.8 Å². The summed E-state index contributed by atoms with van der Waals surface area (Å²) in [5, 5.41) is 0. The quantitative estimate of drug-likeness (QED) is 0.621. The summed E-state index contributed by atoms with van der Waals surface area (Å²) in [6.45, 7) is 5.08. The molecule has 1 nitrogen and oxygen atoms in total. The molecular weight excluding hydrogens is 244 g/mol. The zero-order valence-electron chi connectivity index (χ0n) is 13.0.